The molecule has 0 bridgehead atoms. The average molecular weight is 246 g/mol. The Bertz CT molecular complexity index is 221. The zero-order valence-electron chi connectivity index (χ0n) is 10.9. The van der Waals surface area contributed by atoms with Crippen molar-refractivity contribution in [3.8, 4) is 0 Å². The predicted molar refractivity (Wildman–Crippen MR) is 71.3 cm³/mol. The number of nitrogens with zero attached hydrogens (tertiary/aromatic N) is 1. The monoisotopic (exact) mass is 246 g/mol. The van der Waals surface area contributed by atoms with Gasteiger partial charge in [-0.1, -0.05) is 13.3 Å². The quantitative estimate of drug-likeness (QED) is 0.765. The van der Waals surface area contributed by atoms with Crippen LogP contribution in [0.15, 0.2) is 0 Å². The van der Waals surface area contributed by atoms with Gasteiger partial charge in [-0.25, -0.2) is 0 Å². The van der Waals surface area contributed by atoms with Crippen LogP contribution in [0.25, 0.3) is 0 Å². The molecule has 1 heterocycles. The standard InChI is InChI=1S/C12H26N2OS/c1-4-5-12-10-14(8-7-13-12)11(2)6-9-16(3)15/h11-13H,4-10H2,1-3H3. The summed E-state index contributed by atoms with van der Waals surface area (Å²) in [7, 11) is -0.645. The molecule has 0 radical (unpaired) electrons. The van der Waals surface area contributed by atoms with Gasteiger partial charge in [0.2, 0.25) is 0 Å². The van der Waals surface area contributed by atoms with Gasteiger partial charge in [0.15, 0.2) is 0 Å². The summed E-state index contributed by atoms with van der Waals surface area (Å²) in [5.74, 6) is 0.837. The molecule has 0 saturated carbocycles. The van der Waals surface area contributed by atoms with Crippen LogP contribution < -0.4 is 5.32 Å². The summed E-state index contributed by atoms with van der Waals surface area (Å²) in [4.78, 5) is 2.55. The molecule has 96 valence electrons. The Morgan fingerprint density at radius 2 is 2.31 bits per heavy atom. The minimum absolute atomic E-state index is 0.574. The van der Waals surface area contributed by atoms with Gasteiger partial charge in [-0.05, 0) is 19.8 Å². The van der Waals surface area contributed by atoms with Crippen LogP contribution >= 0.6 is 0 Å². The second-order valence-corrected chi connectivity index (χ2v) is 6.40. The first kappa shape index (κ1) is 14.1. The number of hydrogen-bond donors (Lipinski definition) is 1. The Hall–Kier alpha value is 0.0700. The molecule has 3 unspecified atom stereocenters. The Balaban J connectivity index is 2.31. The van der Waals surface area contributed by atoms with Crippen molar-refractivity contribution in [2.45, 2.75) is 45.2 Å². The molecule has 1 aliphatic rings. The summed E-state index contributed by atoms with van der Waals surface area (Å²) in [6, 6.07) is 1.23. The van der Waals surface area contributed by atoms with Crippen molar-refractivity contribution in [2.75, 3.05) is 31.6 Å². The molecule has 0 aromatic rings. The van der Waals surface area contributed by atoms with Crippen LogP contribution in [-0.2, 0) is 10.8 Å². The fourth-order valence-electron chi connectivity index (χ4n) is 2.31. The predicted octanol–water partition coefficient (Wildman–Crippen LogP) is 1.22. The van der Waals surface area contributed by atoms with Gasteiger partial charge in [0.05, 0.1) is 0 Å². The SMILES string of the molecule is CCCC1CN(C(C)CCS(C)=O)CCN1. The maximum Gasteiger partial charge on any atom is 0.0246 e. The molecule has 0 aromatic heterocycles. The molecule has 0 aliphatic carbocycles. The van der Waals surface area contributed by atoms with Crippen LogP contribution in [0.5, 0.6) is 0 Å². The smallest absolute Gasteiger partial charge is 0.0246 e. The van der Waals surface area contributed by atoms with Crippen LogP contribution in [0.3, 0.4) is 0 Å². The molecular weight excluding hydrogens is 220 g/mol. The molecule has 1 aliphatic heterocycles. The topological polar surface area (TPSA) is 32.3 Å². The molecule has 4 heteroatoms. The third-order valence-electron chi connectivity index (χ3n) is 3.37. The third-order valence-corrected chi connectivity index (χ3v) is 4.18. The molecule has 3 atom stereocenters. The second kappa shape index (κ2) is 7.41. The van der Waals surface area contributed by atoms with Crippen LogP contribution in [0.4, 0.5) is 0 Å². The summed E-state index contributed by atoms with van der Waals surface area (Å²) in [6.45, 7) is 7.90. The van der Waals surface area contributed by atoms with Gasteiger partial charge < -0.3 is 5.32 Å². The highest BCUT2D eigenvalue weighted by Gasteiger charge is 2.22. The number of nitrogens with one attached hydrogen (secondary N) is 1. The Morgan fingerprint density at radius 1 is 1.56 bits per heavy atom. The van der Waals surface area contributed by atoms with Crippen molar-refractivity contribution in [3.05, 3.63) is 0 Å². The maximum absolute atomic E-state index is 11.1. The maximum atomic E-state index is 11.1. The largest absolute Gasteiger partial charge is 0.311 e. The first-order chi connectivity index (χ1) is 7.63. The average Bonchev–Trinajstić information content (AvgIpc) is 2.26. The van der Waals surface area contributed by atoms with Crippen LogP contribution in [-0.4, -0.2) is 52.8 Å². The number of hydrogen-bond acceptors (Lipinski definition) is 3. The van der Waals surface area contributed by atoms with Crippen molar-refractivity contribution in [1.82, 2.24) is 10.2 Å². The second-order valence-electron chi connectivity index (χ2n) is 4.85. The van der Waals surface area contributed by atoms with E-state index in [1.54, 1.807) is 6.26 Å². The summed E-state index contributed by atoms with van der Waals surface area (Å²) >= 11 is 0. The van der Waals surface area contributed by atoms with Crippen molar-refractivity contribution in [1.29, 1.82) is 0 Å². The van der Waals surface area contributed by atoms with E-state index in [1.807, 2.05) is 0 Å². The number of piperazine rings is 1. The van der Waals surface area contributed by atoms with Gasteiger partial charge in [-0.3, -0.25) is 9.11 Å². The van der Waals surface area contributed by atoms with E-state index >= 15 is 0 Å². The van der Waals surface area contributed by atoms with Gasteiger partial charge in [0, 0.05) is 54.5 Å². The molecule has 3 nitrogen and oxygen atoms in total. The molecule has 0 amide bonds. The molecule has 1 fully saturated rings. The summed E-state index contributed by atoms with van der Waals surface area (Å²) < 4.78 is 11.1. The van der Waals surface area contributed by atoms with Crippen LogP contribution in [0.1, 0.15) is 33.1 Å². The first-order valence-electron chi connectivity index (χ1n) is 6.41. The van der Waals surface area contributed by atoms with E-state index < -0.39 is 10.8 Å². The van der Waals surface area contributed by atoms with E-state index in [1.165, 1.54) is 12.8 Å². The van der Waals surface area contributed by atoms with E-state index in [0.717, 1.165) is 31.8 Å². The Kier molecular flexibility index (Phi) is 6.54. The zero-order valence-corrected chi connectivity index (χ0v) is 11.7. The highest BCUT2D eigenvalue weighted by Crippen LogP contribution is 2.11. The molecule has 16 heavy (non-hydrogen) atoms. The third kappa shape index (κ3) is 4.93. The molecule has 1 saturated heterocycles. The van der Waals surface area contributed by atoms with Crippen molar-refractivity contribution >= 4 is 10.8 Å². The molecule has 1 N–H and O–H groups in total. The van der Waals surface area contributed by atoms with Crippen LogP contribution in [0, 0.1) is 0 Å². The van der Waals surface area contributed by atoms with E-state index in [4.69, 9.17) is 0 Å². The van der Waals surface area contributed by atoms with Gasteiger partial charge in [0.25, 0.3) is 0 Å². The Labute approximate surface area is 102 Å². The van der Waals surface area contributed by atoms with E-state index in [2.05, 4.69) is 24.1 Å². The van der Waals surface area contributed by atoms with Gasteiger partial charge in [0.1, 0.15) is 0 Å². The van der Waals surface area contributed by atoms with Crippen molar-refractivity contribution in [3.63, 3.8) is 0 Å². The van der Waals surface area contributed by atoms with Crippen LogP contribution in [0.2, 0.25) is 0 Å². The summed E-state index contributed by atoms with van der Waals surface area (Å²) in [5, 5.41) is 3.57. The lowest BCUT2D eigenvalue weighted by atomic mass is 10.1. The Morgan fingerprint density at radius 3 is 2.94 bits per heavy atom. The van der Waals surface area contributed by atoms with Crippen molar-refractivity contribution < 1.29 is 4.21 Å². The zero-order chi connectivity index (χ0) is 12.0. The minimum Gasteiger partial charge on any atom is -0.311 e. The lowest BCUT2D eigenvalue weighted by Crippen LogP contribution is -2.53. The fourth-order valence-corrected chi connectivity index (χ4v) is 2.99. The summed E-state index contributed by atoms with van der Waals surface area (Å²) in [5.41, 5.74) is 0. The highest BCUT2D eigenvalue weighted by atomic mass is 32.2. The molecule has 0 spiro atoms. The molecule has 0 aromatic carbocycles. The fraction of sp³-hybridized carbons (Fsp3) is 1.00. The molecule has 1 rings (SSSR count). The van der Waals surface area contributed by atoms with Gasteiger partial charge in [-0.2, -0.15) is 0 Å². The molecular formula is C12H26N2OS. The van der Waals surface area contributed by atoms with Gasteiger partial charge >= 0.3 is 0 Å². The lowest BCUT2D eigenvalue weighted by molar-refractivity contribution is 0.146. The first-order valence-corrected chi connectivity index (χ1v) is 8.13. The highest BCUT2D eigenvalue weighted by molar-refractivity contribution is 7.84. The van der Waals surface area contributed by atoms with E-state index in [9.17, 15) is 4.21 Å². The van der Waals surface area contributed by atoms with E-state index in [-0.39, 0.29) is 0 Å². The van der Waals surface area contributed by atoms with E-state index in [0.29, 0.717) is 12.1 Å². The summed E-state index contributed by atoms with van der Waals surface area (Å²) in [6.07, 6.45) is 5.37. The van der Waals surface area contributed by atoms with Gasteiger partial charge in [-0.15, -0.1) is 0 Å². The normalized spacial score (nSPS) is 26.6. The minimum atomic E-state index is -0.645. The van der Waals surface area contributed by atoms with Crippen molar-refractivity contribution in [2.24, 2.45) is 0 Å². The number of rotatable bonds is 6. The lowest BCUT2D eigenvalue weighted by Gasteiger charge is -2.37.